The van der Waals surface area contributed by atoms with Crippen LogP contribution < -0.4 is 14.2 Å². The number of aryl methyl sites for hydroxylation is 1. The molecule has 0 saturated heterocycles. The van der Waals surface area contributed by atoms with Gasteiger partial charge in [-0.2, -0.15) is 10.2 Å². The maximum absolute atomic E-state index is 13.3. The second-order valence-corrected chi connectivity index (χ2v) is 10.1. The predicted octanol–water partition coefficient (Wildman–Crippen LogP) is 3.08. The van der Waals surface area contributed by atoms with Crippen LogP contribution in [0.4, 0.5) is 5.82 Å². The molecule has 0 aliphatic rings. The highest BCUT2D eigenvalue weighted by Crippen LogP contribution is 2.35. The van der Waals surface area contributed by atoms with Gasteiger partial charge in [0.05, 0.1) is 32.5 Å². The number of aromatic amines is 1. The molecule has 11 nitrogen and oxygen atoms in total. The normalized spacial score (nSPS) is 11.4. The smallest absolute Gasteiger partial charge is 0.270 e. The van der Waals surface area contributed by atoms with Gasteiger partial charge in [-0.15, -0.1) is 0 Å². The monoisotopic (exact) mass is 524 g/mol. The van der Waals surface area contributed by atoms with Gasteiger partial charge in [0.25, 0.3) is 10.0 Å². The molecule has 0 bridgehead atoms. The molecule has 0 aliphatic heterocycles. The third-order valence-corrected chi connectivity index (χ3v) is 7.21. The van der Waals surface area contributed by atoms with Crippen LogP contribution in [0.2, 0.25) is 0 Å². The Bertz CT molecular complexity index is 1550. The number of anilines is 1. The van der Waals surface area contributed by atoms with E-state index in [1.54, 1.807) is 41.0 Å². The second-order valence-electron chi connectivity index (χ2n) is 8.45. The number of methoxy groups -OCH3 is 2. The summed E-state index contributed by atoms with van der Waals surface area (Å²) in [7, 11) is 0.407. The van der Waals surface area contributed by atoms with Gasteiger partial charge < -0.3 is 14.4 Å². The van der Waals surface area contributed by atoms with Crippen molar-refractivity contribution in [3.05, 3.63) is 72.1 Å². The highest BCUT2D eigenvalue weighted by atomic mass is 32.2. The average Bonchev–Trinajstić information content (AvgIpc) is 3.49. The van der Waals surface area contributed by atoms with Crippen molar-refractivity contribution in [3.63, 3.8) is 0 Å². The first kappa shape index (κ1) is 25.8. The first-order valence-corrected chi connectivity index (χ1v) is 12.8. The van der Waals surface area contributed by atoms with Crippen molar-refractivity contribution in [1.82, 2.24) is 24.9 Å². The lowest BCUT2D eigenvalue weighted by molar-refractivity contribution is -0.125. The topological polar surface area (TPSA) is 131 Å². The van der Waals surface area contributed by atoms with Crippen molar-refractivity contribution in [3.8, 4) is 11.5 Å². The third-order valence-electron chi connectivity index (χ3n) is 5.80. The number of sulfonamides is 1. The molecule has 0 spiro atoms. The number of nitrogens with zero attached hydrogens (tertiary/aromatic N) is 4. The lowest BCUT2D eigenvalue weighted by atomic mass is 10.1. The maximum atomic E-state index is 13.3. The number of ether oxygens (including phenoxy) is 2. The van der Waals surface area contributed by atoms with E-state index in [1.807, 2.05) is 25.3 Å². The lowest BCUT2D eigenvalue weighted by Gasteiger charge is -2.14. The SMILES string of the molecule is C=CC(=O)N(C)Cc1cnn(Cc2cc(C)c3c(NS(=O)(=O)c4c(OC)cccc4OC)n[nH]c3c2)c1. The van der Waals surface area contributed by atoms with Crippen molar-refractivity contribution < 1.29 is 22.7 Å². The summed E-state index contributed by atoms with van der Waals surface area (Å²) in [5.41, 5.74) is 3.33. The largest absolute Gasteiger partial charge is 0.495 e. The van der Waals surface area contributed by atoms with E-state index in [9.17, 15) is 13.2 Å². The number of H-pyrrole nitrogens is 1. The number of hydrogen-bond donors (Lipinski definition) is 2. The Balaban J connectivity index is 1.59. The molecule has 0 saturated carbocycles. The zero-order valence-electron chi connectivity index (χ0n) is 21.0. The van der Waals surface area contributed by atoms with Gasteiger partial charge in [0.15, 0.2) is 10.7 Å². The maximum Gasteiger partial charge on any atom is 0.270 e. The third kappa shape index (κ3) is 5.28. The second kappa shape index (κ2) is 10.3. The van der Waals surface area contributed by atoms with Crippen molar-refractivity contribution in [2.75, 3.05) is 26.0 Å². The fraction of sp³-hybridized carbons (Fsp3) is 0.240. The minimum atomic E-state index is -4.08. The minimum Gasteiger partial charge on any atom is -0.495 e. The van der Waals surface area contributed by atoms with Gasteiger partial charge in [-0.1, -0.05) is 18.7 Å². The fourth-order valence-corrected chi connectivity index (χ4v) is 5.47. The number of benzene rings is 2. The lowest BCUT2D eigenvalue weighted by Crippen LogP contribution is -2.23. The van der Waals surface area contributed by atoms with Crippen molar-refractivity contribution in [2.45, 2.75) is 24.9 Å². The molecule has 12 heteroatoms. The molecule has 2 aromatic heterocycles. The summed E-state index contributed by atoms with van der Waals surface area (Å²) in [4.78, 5) is 13.2. The number of carbonyl (C=O) groups excluding carboxylic acids is 1. The molecule has 0 radical (unpaired) electrons. The summed E-state index contributed by atoms with van der Waals surface area (Å²) >= 11 is 0. The van der Waals surface area contributed by atoms with Crippen molar-refractivity contribution in [1.29, 1.82) is 0 Å². The zero-order valence-corrected chi connectivity index (χ0v) is 21.8. The number of hydrogen-bond acceptors (Lipinski definition) is 7. The molecule has 4 aromatic rings. The van der Waals surface area contributed by atoms with Crippen LogP contribution in [0.3, 0.4) is 0 Å². The molecule has 2 N–H and O–H groups in total. The van der Waals surface area contributed by atoms with Gasteiger partial charge in [-0.3, -0.25) is 19.3 Å². The Morgan fingerprint density at radius 2 is 1.92 bits per heavy atom. The van der Waals surface area contributed by atoms with Gasteiger partial charge in [0.2, 0.25) is 5.91 Å². The number of fused-ring (bicyclic) bond motifs is 1. The van der Waals surface area contributed by atoms with Crippen LogP contribution in [0.1, 0.15) is 16.7 Å². The summed E-state index contributed by atoms with van der Waals surface area (Å²) in [6.07, 6.45) is 4.86. The molecular formula is C25H28N6O5S. The molecule has 2 heterocycles. The Kier molecular flexibility index (Phi) is 7.21. The summed E-state index contributed by atoms with van der Waals surface area (Å²) in [5.74, 6) is 0.320. The van der Waals surface area contributed by atoms with Gasteiger partial charge in [0, 0.05) is 30.7 Å². The molecule has 0 aliphatic carbocycles. The molecule has 0 atom stereocenters. The Hall–Kier alpha value is -4.32. The van der Waals surface area contributed by atoms with Crippen LogP contribution in [-0.4, -0.2) is 60.5 Å². The van der Waals surface area contributed by atoms with Crippen LogP contribution in [0.5, 0.6) is 11.5 Å². The van der Waals surface area contributed by atoms with Crippen LogP contribution in [0, 0.1) is 6.92 Å². The van der Waals surface area contributed by atoms with E-state index in [-0.39, 0.29) is 28.1 Å². The molecule has 1 amide bonds. The number of carbonyl (C=O) groups is 1. The average molecular weight is 525 g/mol. The van der Waals surface area contributed by atoms with Gasteiger partial charge in [-0.05, 0) is 42.3 Å². The van der Waals surface area contributed by atoms with E-state index in [0.717, 1.165) is 16.7 Å². The minimum absolute atomic E-state index is 0.111. The highest BCUT2D eigenvalue weighted by Gasteiger charge is 2.26. The van der Waals surface area contributed by atoms with E-state index in [0.29, 0.717) is 24.0 Å². The number of rotatable bonds is 10. The summed E-state index contributed by atoms with van der Waals surface area (Å²) in [5, 5.41) is 12.2. The standard InChI is InChI=1S/C25H28N6O5S/c1-6-22(32)30(3)13-18-12-26-31(15-18)14-17-10-16(2)23-19(11-17)27-28-25(23)29-37(33,34)24-20(35-4)8-7-9-21(24)36-5/h6-12,15H,1,13-14H2,2-5H3,(H2,27,28,29). The summed E-state index contributed by atoms with van der Waals surface area (Å²) < 4.78 is 41.4. The molecule has 0 fully saturated rings. The first-order valence-electron chi connectivity index (χ1n) is 11.3. The molecule has 194 valence electrons. The van der Waals surface area contributed by atoms with Gasteiger partial charge in [-0.25, -0.2) is 8.42 Å². The number of amides is 1. The summed E-state index contributed by atoms with van der Waals surface area (Å²) in [6, 6.07) is 8.59. The van der Waals surface area contributed by atoms with E-state index in [1.165, 1.54) is 20.3 Å². The summed E-state index contributed by atoms with van der Waals surface area (Å²) in [6.45, 7) is 6.28. The van der Waals surface area contributed by atoms with Crippen LogP contribution >= 0.6 is 0 Å². The van der Waals surface area contributed by atoms with Gasteiger partial charge >= 0.3 is 0 Å². The van der Waals surface area contributed by atoms with E-state index in [4.69, 9.17) is 9.47 Å². The predicted molar refractivity (Wildman–Crippen MR) is 139 cm³/mol. The molecule has 37 heavy (non-hydrogen) atoms. The molecule has 2 aromatic carbocycles. The number of likely N-dealkylation sites (N-methyl/N-ethyl adjacent to an activating group) is 1. The van der Waals surface area contributed by atoms with Gasteiger partial charge in [0.1, 0.15) is 11.5 Å². The highest BCUT2D eigenvalue weighted by molar-refractivity contribution is 7.93. The van der Waals surface area contributed by atoms with Crippen LogP contribution in [0.15, 0.2) is 60.3 Å². The first-order chi connectivity index (χ1) is 17.7. The molecule has 4 rings (SSSR count). The van der Waals surface area contributed by atoms with Crippen LogP contribution in [-0.2, 0) is 27.9 Å². The quantitative estimate of drug-likeness (QED) is 0.305. The van der Waals surface area contributed by atoms with E-state index in [2.05, 4.69) is 26.6 Å². The molecule has 0 unspecified atom stereocenters. The van der Waals surface area contributed by atoms with Crippen LogP contribution in [0.25, 0.3) is 10.9 Å². The number of aromatic nitrogens is 4. The Morgan fingerprint density at radius 1 is 1.22 bits per heavy atom. The Morgan fingerprint density at radius 3 is 2.57 bits per heavy atom. The van der Waals surface area contributed by atoms with E-state index >= 15 is 0 Å². The Labute approximate surface area is 214 Å². The fourth-order valence-electron chi connectivity index (χ4n) is 4.13. The zero-order chi connectivity index (χ0) is 26.7. The number of nitrogens with one attached hydrogen (secondary N) is 2. The van der Waals surface area contributed by atoms with Crippen molar-refractivity contribution in [2.24, 2.45) is 0 Å². The van der Waals surface area contributed by atoms with E-state index < -0.39 is 10.0 Å². The molecular weight excluding hydrogens is 496 g/mol. The van der Waals surface area contributed by atoms with Crippen molar-refractivity contribution >= 4 is 32.7 Å².